The van der Waals surface area contributed by atoms with Crippen LogP contribution < -0.4 is 0 Å². The quantitative estimate of drug-likeness (QED) is 0.836. The average molecular weight is 280 g/mol. The lowest BCUT2D eigenvalue weighted by Crippen LogP contribution is -2.26. The highest BCUT2D eigenvalue weighted by molar-refractivity contribution is 7.90. The summed E-state index contributed by atoms with van der Waals surface area (Å²) in [5.74, 6) is 0.679. The van der Waals surface area contributed by atoms with Gasteiger partial charge in [0.2, 0.25) is 0 Å². The molecule has 0 atom stereocenters. The minimum atomic E-state index is -3.58. The second-order valence-electron chi connectivity index (χ2n) is 5.03. The third-order valence-electron chi connectivity index (χ3n) is 3.38. The van der Waals surface area contributed by atoms with Gasteiger partial charge < -0.3 is 4.90 Å². The van der Waals surface area contributed by atoms with Gasteiger partial charge in [0.1, 0.15) is 5.84 Å². The molecule has 0 unspecified atom stereocenters. The Balaban J connectivity index is 2.31. The van der Waals surface area contributed by atoms with E-state index in [1.54, 1.807) is 24.3 Å². The molecule has 0 spiro atoms. The lowest BCUT2D eigenvalue weighted by Gasteiger charge is -2.17. The number of likely N-dealkylation sites (tertiary alicyclic amines) is 1. The zero-order valence-electron chi connectivity index (χ0n) is 11.5. The van der Waals surface area contributed by atoms with Gasteiger partial charge in [0, 0.05) is 20.0 Å². The van der Waals surface area contributed by atoms with E-state index in [-0.39, 0.29) is 4.90 Å². The first-order valence-electron chi connectivity index (χ1n) is 6.61. The molecule has 0 amide bonds. The van der Waals surface area contributed by atoms with E-state index in [9.17, 15) is 8.42 Å². The summed E-state index contributed by atoms with van der Waals surface area (Å²) in [6, 6.07) is 6.82. The fraction of sp³-hybridized carbons (Fsp3) is 0.500. The number of sulfonamides is 1. The van der Waals surface area contributed by atoms with Gasteiger partial charge >= 0.3 is 0 Å². The van der Waals surface area contributed by atoms with E-state index in [4.69, 9.17) is 0 Å². The molecular weight excluding hydrogens is 260 g/mol. The first-order valence-corrected chi connectivity index (χ1v) is 8.05. The summed E-state index contributed by atoms with van der Waals surface area (Å²) in [6.45, 7) is 2.81. The molecule has 1 aromatic carbocycles. The summed E-state index contributed by atoms with van der Waals surface area (Å²) < 4.78 is 28.5. The predicted octanol–water partition coefficient (Wildman–Crippen LogP) is 2.59. The average Bonchev–Trinajstić information content (AvgIpc) is 2.55. The Kier molecular flexibility index (Phi) is 4.24. The minimum Gasteiger partial charge on any atom is -0.362 e. The van der Waals surface area contributed by atoms with Crippen LogP contribution in [-0.4, -0.2) is 32.7 Å². The SMILES string of the molecule is Cc1ccc(S(=O)(=O)N=C2CCCCCN2C)cc1. The summed E-state index contributed by atoms with van der Waals surface area (Å²) in [6.07, 6.45) is 3.97. The fourth-order valence-electron chi connectivity index (χ4n) is 2.15. The van der Waals surface area contributed by atoms with Crippen molar-refractivity contribution in [2.75, 3.05) is 13.6 Å². The molecule has 1 aliphatic heterocycles. The zero-order valence-corrected chi connectivity index (χ0v) is 12.3. The zero-order chi connectivity index (χ0) is 13.9. The first-order chi connectivity index (χ1) is 8.99. The van der Waals surface area contributed by atoms with Crippen molar-refractivity contribution < 1.29 is 8.42 Å². The Bertz CT molecular complexity index is 562. The van der Waals surface area contributed by atoms with Crippen LogP contribution in [0.5, 0.6) is 0 Å². The lowest BCUT2D eigenvalue weighted by molar-refractivity contribution is 0.494. The molecule has 5 heteroatoms. The molecule has 4 nitrogen and oxygen atoms in total. The van der Waals surface area contributed by atoms with Crippen LogP contribution in [0.25, 0.3) is 0 Å². The Hall–Kier alpha value is -1.36. The number of nitrogens with zero attached hydrogens (tertiary/aromatic N) is 2. The first kappa shape index (κ1) is 14.1. The van der Waals surface area contributed by atoms with Crippen molar-refractivity contribution in [2.24, 2.45) is 4.40 Å². The van der Waals surface area contributed by atoms with Crippen LogP contribution in [0.1, 0.15) is 31.2 Å². The van der Waals surface area contributed by atoms with Crippen LogP contribution in [-0.2, 0) is 10.0 Å². The number of hydrogen-bond acceptors (Lipinski definition) is 2. The van der Waals surface area contributed by atoms with Gasteiger partial charge in [-0.05, 0) is 31.9 Å². The van der Waals surface area contributed by atoms with Gasteiger partial charge in [-0.3, -0.25) is 0 Å². The van der Waals surface area contributed by atoms with Crippen molar-refractivity contribution in [2.45, 2.75) is 37.5 Å². The van der Waals surface area contributed by atoms with Crippen LogP contribution in [0, 0.1) is 6.92 Å². The Morgan fingerprint density at radius 3 is 2.47 bits per heavy atom. The topological polar surface area (TPSA) is 49.7 Å². The molecule has 2 rings (SSSR count). The molecule has 0 saturated carbocycles. The second kappa shape index (κ2) is 5.74. The summed E-state index contributed by atoms with van der Waals surface area (Å²) in [4.78, 5) is 2.22. The molecule has 1 saturated heterocycles. The van der Waals surface area contributed by atoms with Crippen LogP contribution >= 0.6 is 0 Å². The summed E-state index contributed by atoms with van der Waals surface area (Å²) in [5.41, 5.74) is 1.04. The molecule has 104 valence electrons. The lowest BCUT2D eigenvalue weighted by atomic mass is 10.2. The van der Waals surface area contributed by atoms with E-state index in [1.165, 1.54) is 0 Å². The summed E-state index contributed by atoms with van der Waals surface area (Å²) in [5, 5.41) is 0. The van der Waals surface area contributed by atoms with Crippen molar-refractivity contribution >= 4 is 15.9 Å². The van der Waals surface area contributed by atoms with Crippen molar-refractivity contribution in [3.63, 3.8) is 0 Å². The Morgan fingerprint density at radius 2 is 1.79 bits per heavy atom. The molecule has 1 aliphatic rings. The summed E-state index contributed by atoms with van der Waals surface area (Å²) in [7, 11) is -1.67. The molecular formula is C14H20N2O2S. The van der Waals surface area contributed by atoms with E-state index in [2.05, 4.69) is 4.40 Å². The van der Waals surface area contributed by atoms with Crippen LogP contribution in [0.3, 0.4) is 0 Å². The number of amidine groups is 1. The van der Waals surface area contributed by atoms with Gasteiger partial charge in [-0.1, -0.05) is 24.1 Å². The minimum absolute atomic E-state index is 0.267. The third-order valence-corrected chi connectivity index (χ3v) is 4.70. The van der Waals surface area contributed by atoms with Gasteiger partial charge in [-0.2, -0.15) is 8.42 Å². The van der Waals surface area contributed by atoms with Gasteiger partial charge in [0.05, 0.1) is 4.90 Å². The van der Waals surface area contributed by atoms with Crippen molar-refractivity contribution in [1.29, 1.82) is 0 Å². The third kappa shape index (κ3) is 3.56. The molecule has 1 heterocycles. The number of aryl methyl sites for hydroxylation is 1. The monoisotopic (exact) mass is 280 g/mol. The van der Waals surface area contributed by atoms with E-state index >= 15 is 0 Å². The van der Waals surface area contributed by atoms with E-state index in [0.717, 1.165) is 37.8 Å². The molecule has 1 aromatic rings. The molecule has 19 heavy (non-hydrogen) atoms. The highest BCUT2D eigenvalue weighted by atomic mass is 32.2. The van der Waals surface area contributed by atoms with Crippen LogP contribution in [0.4, 0.5) is 0 Å². The molecule has 0 radical (unpaired) electrons. The van der Waals surface area contributed by atoms with Gasteiger partial charge in [0.15, 0.2) is 0 Å². The summed E-state index contributed by atoms with van der Waals surface area (Å²) >= 11 is 0. The molecule has 0 N–H and O–H groups in total. The highest BCUT2D eigenvalue weighted by Gasteiger charge is 2.17. The van der Waals surface area contributed by atoms with Crippen molar-refractivity contribution in [3.8, 4) is 0 Å². The van der Waals surface area contributed by atoms with E-state index in [1.807, 2.05) is 18.9 Å². The molecule has 0 aliphatic carbocycles. The Labute approximate surface area is 115 Å². The largest absolute Gasteiger partial charge is 0.362 e. The molecule has 0 bridgehead atoms. The van der Waals surface area contributed by atoms with Crippen molar-refractivity contribution in [3.05, 3.63) is 29.8 Å². The smallest absolute Gasteiger partial charge is 0.283 e. The van der Waals surface area contributed by atoms with E-state index in [0.29, 0.717) is 5.84 Å². The maximum Gasteiger partial charge on any atom is 0.283 e. The normalized spacial score (nSPS) is 19.5. The van der Waals surface area contributed by atoms with Gasteiger partial charge in [-0.25, -0.2) is 0 Å². The maximum atomic E-state index is 12.3. The van der Waals surface area contributed by atoms with Crippen LogP contribution in [0.2, 0.25) is 0 Å². The predicted molar refractivity (Wildman–Crippen MR) is 76.9 cm³/mol. The van der Waals surface area contributed by atoms with Gasteiger partial charge in [-0.15, -0.1) is 4.40 Å². The van der Waals surface area contributed by atoms with E-state index < -0.39 is 10.0 Å². The van der Waals surface area contributed by atoms with Gasteiger partial charge in [0.25, 0.3) is 10.0 Å². The Morgan fingerprint density at radius 1 is 1.11 bits per heavy atom. The number of benzene rings is 1. The molecule has 0 aromatic heterocycles. The second-order valence-corrected chi connectivity index (χ2v) is 6.63. The highest BCUT2D eigenvalue weighted by Crippen LogP contribution is 2.17. The molecule has 1 fully saturated rings. The fourth-order valence-corrected chi connectivity index (χ4v) is 3.24. The maximum absolute atomic E-state index is 12.3. The van der Waals surface area contributed by atoms with Crippen LogP contribution in [0.15, 0.2) is 33.6 Å². The van der Waals surface area contributed by atoms with Crippen molar-refractivity contribution in [1.82, 2.24) is 4.90 Å². The number of rotatable bonds is 2. The standard InChI is InChI=1S/C14H20N2O2S/c1-12-7-9-13(10-8-12)19(17,18)15-14-6-4-3-5-11-16(14)2/h7-10H,3-6,11H2,1-2H3. The number of hydrogen-bond donors (Lipinski definition) is 0.